The van der Waals surface area contributed by atoms with Crippen LogP contribution in [0.2, 0.25) is 15.1 Å². The quantitative estimate of drug-likeness (QED) is 0.324. The number of nitrogens with one attached hydrogen (secondary N) is 1. The molecule has 1 unspecified atom stereocenters. The van der Waals surface area contributed by atoms with Gasteiger partial charge in [-0.25, -0.2) is 9.48 Å². The molecule has 3 aromatic rings. The Balaban J connectivity index is 1.25. The number of amides is 4. The largest absolute Gasteiger partial charge is 0.497 e. The van der Waals surface area contributed by atoms with E-state index in [1.165, 1.54) is 10.7 Å². The summed E-state index contributed by atoms with van der Waals surface area (Å²) in [6, 6.07) is 9.40. The van der Waals surface area contributed by atoms with Crippen LogP contribution in [0.3, 0.4) is 0 Å². The fraction of sp³-hybridized carbons (Fsp3) is 0.370. The van der Waals surface area contributed by atoms with Gasteiger partial charge in [0.25, 0.3) is 5.91 Å². The Kier molecular flexibility index (Phi) is 6.47. The van der Waals surface area contributed by atoms with Crippen LogP contribution >= 0.6 is 34.8 Å². The number of ether oxygens (including phenoxy) is 1. The fourth-order valence-electron chi connectivity index (χ4n) is 6.21. The molecular weight excluding hydrogens is 579 g/mol. The van der Waals surface area contributed by atoms with E-state index in [-0.39, 0.29) is 18.5 Å². The van der Waals surface area contributed by atoms with Crippen molar-refractivity contribution in [2.24, 2.45) is 0 Å². The highest BCUT2D eigenvalue weighted by Crippen LogP contribution is 2.52. The van der Waals surface area contributed by atoms with Gasteiger partial charge in [0.2, 0.25) is 5.91 Å². The van der Waals surface area contributed by atoms with Gasteiger partial charge in [-0.1, -0.05) is 52.1 Å². The number of carbonyl (C=O) groups is 3. The molecule has 1 N–H and O–H groups in total. The van der Waals surface area contributed by atoms with E-state index in [0.717, 1.165) is 17.7 Å². The molecule has 1 aromatic heterocycles. The minimum absolute atomic E-state index is 0.0139. The molecule has 3 saturated heterocycles. The van der Waals surface area contributed by atoms with Crippen LogP contribution in [-0.4, -0.2) is 62.3 Å². The van der Waals surface area contributed by atoms with Crippen LogP contribution in [0.15, 0.2) is 42.6 Å². The van der Waals surface area contributed by atoms with Crippen molar-refractivity contribution in [1.29, 1.82) is 0 Å². The second kappa shape index (κ2) is 9.64. The molecule has 0 spiro atoms. The number of urea groups is 1. The summed E-state index contributed by atoms with van der Waals surface area (Å²) in [6.07, 6.45) is 4.71. The first-order chi connectivity index (χ1) is 19.1. The number of benzene rings is 2. The lowest BCUT2D eigenvalue weighted by atomic mass is 9.85. The lowest BCUT2D eigenvalue weighted by Crippen LogP contribution is -2.49. The zero-order valence-corrected chi connectivity index (χ0v) is 23.9. The summed E-state index contributed by atoms with van der Waals surface area (Å²) in [5.41, 5.74) is -0.275. The zero-order chi connectivity index (χ0) is 28.4. The summed E-state index contributed by atoms with van der Waals surface area (Å²) in [5.74, 6) is -0.175. The van der Waals surface area contributed by atoms with Crippen molar-refractivity contribution in [3.05, 3.63) is 68.9 Å². The van der Waals surface area contributed by atoms with Gasteiger partial charge in [-0.3, -0.25) is 14.5 Å². The average Bonchev–Trinajstić information content (AvgIpc) is 3.71. The van der Waals surface area contributed by atoms with Crippen LogP contribution < -0.4 is 10.1 Å². The van der Waals surface area contributed by atoms with Crippen molar-refractivity contribution in [2.45, 2.75) is 49.7 Å². The van der Waals surface area contributed by atoms with E-state index in [1.54, 1.807) is 55.5 Å². The van der Waals surface area contributed by atoms with Crippen LogP contribution in [0.25, 0.3) is 5.69 Å². The number of halogens is 3. The minimum Gasteiger partial charge on any atom is -0.497 e. The predicted molar refractivity (Wildman–Crippen MR) is 148 cm³/mol. The lowest BCUT2D eigenvalue weighted by Gasteiger charge is -2.34. The first kappa shape index (κ1) is 26.9. The van der Waals surface area contributed by atoms with Crippen molar-refractivity contribution < 1.29 is 19.1 Å². The normalized spacial score (nSPS) is 25.6. The number of hydrogen-bond acceptors (Lipinski definition) is 6. The Morgan fingerprint density at radius 1 is 1.07 bits per heavy atom. The Labute approximate surface area is 245 Å². The highest BCUT2D eigenvalue weighted by atomic mass is 35.5. The van der Waals surface area contributed by atoms with Crippen molar-refractivity contribution >= 4 is 52.6 Å². The first-order valence-corrected chi connectivity index (χ1v) is 13.9. The zero-order valence-electron chi connectivity index (χ0n) is 21.7. The highest BCUT2D eigenvalue weighted by Gasteiger charge is 2.57. The maximum absolute atomic E-state index is 13.8. The molecule has 4 amide bonds. The minimum atomic E-state index is -1.30. The number of rotatable bonds is 6. The molecule has 4 heterocycles. The maximum Gasteiger partial charge on any atom is 0.325 e. The number of fused-ring (bicyclic) bond motifs is 2. The molecular formula is C27H25Cl3N6O4. The smallest absolute Gasteiger partial charge is 0.325 e. The highest BCUT2D eigenvalue weighted by molar-refractivity contribution is 6.43. The third-order valence-electron chi connectivity index (χ3n) is 8.32. The molecule has 6 rings (SSSR count). The van der Waals surface area contributed by atoms with Gasteiger partial charge in [0.15, 0.2) is 0 Å². The van der Waals surface area contributed by atoms with E-state index in [1.807, 2.05) is 0 Å². The van der Waals surface area contributed by atoms with Crippen molar-refractivity contribution in [2.75, 3.05) is 13.7 Å². The van der Waals surface area contributed by atoms with Gasteiger partial charge < -0.3 is 15.0 Å². The Morgan fingerprint density at radius 2 is 1.75 bits per heavy atom. The van der Waals surface area contributed by atoms with Gasteiger partial charge in [-0.2, -0.15) is 0 Å². The Bertz CT molecular complexity index is 1540. The van der Waals surface area contributed by atoms with Crippen LogP contribution in [0.4, 0.5) is 4.79 Å². The van der Waals surface area contributed by atoms with Gasteiger partial charge in [0, 0.05) is 6.04 Å². The van der Waals surface area contributed by atoms with Gasteiger partial charge in [0.05, 0.1) is 39.6 Å². The third-order valence-corrected chi connectivity index (χ3v) is 9.34. The molecule has 3 aliphatic heterocycles. The molecule has 0 aliphatic carbocycles. The van der Waals surface area contributed by atoms with Crippen LogP contribution in [-0.2, 0) is 20.7 Å². The molecule has 208 valence electrons. The molecule has 2 bridgehead atoms. The molecule has 13 heteroatoms. The van der Waals surface area contributed by atoms with E-state index in [9.17, 15) is 14.4 Å². The summed E-state index contributed by atoms with van der Waals surface area (Å²) >= 11 is 18.7. The van der Waals surface area contributed by atoms with Crippen molar-refractivity contribution in [1.82, 2.24) is 30.1 Å². The fourth-order valence-corrected chi connectivity index (χ4v) is 6.83. The Hall–Kier alpha value is -3.34. The monoisotopic (exact) mass is 602 g/mol. The third kappa shape index (κ3) is 4.03. The molecule has 1 atom stereocenters. The maximum atomic E-state index is 13.8. The first-order valence-electron chi connectivity index (χ1n) is 12.8. The SMILES string of the molecule is COc1ccc(C2(C)NC(=O)N(CC(=O)N3C4CCC3(c3cn(-c5cc(Cl)c(Cl)cc5Cl)nn3)CC4)C2=O)cc1. The van der Waals surface area contributed by atoms with Crippen LogP contribution in [0.1, 0.15) is 43.9 Å². The second-order valence-electron chi connectivity index (χ2n) is 10.5. The standard InChI is InChI=1S/C27H25Cl3N6O4/c1-26(15-3-5-17(40-2)6-4-15)24(38)34(25(39)31-26)14-23(37)36-16-7-9-27(36,10-8-16)22-13-35(33-32-22)21-12-19(29)18(28)11-20(21)30/h3-6,11-13,16H,7-10,14H2,1-2H3,(H,31,39). The van der Waals surface area contributed by atoms with Crippen LogP contribution in [0, 0.1) is 0 Å². The Morgan fingerprint density at radius 3 is 2.42 bits per heavy atom. The molecule has 40 heavy (non-hydrogen) atoms. The van der Waals surface area contributed by atoms with E-state index < -0.39 is 23.0 Å². The molecule has 2 aromatic carbocycles. The van der Waals surface area contributed by atoms with Gasteiger partial charge in [-0.15, -0.1) is 5.10 Å². The van der Waals surface area contributed by atoms with E-state index in [4.69, 9.17) is 39.5 Å². The second-order valence-corrected chi connectivity index (χ2v) is 11.7. The summed E-state index contributed by atoms with van der Waals surface area (Å²) in [4.78, 5) is 43.0. The number of aromatic nitrogens is 3. The van der Waals surface area contributed by atoms with Crippen molar-refractivity contribution in [3.8, 4) is 11.4 Å². The van der Waals surface area contributed by atoms with Gasteiger partial charge in [0.1, 0.15) is 23.5 Å². The molecule has 3 aliphatic rings. The number of nitrogens with zero attached hydrogens (tertiary/aromatic N) is 5. The van der Waals surface area contributed by atoms with Crippen LogP contribution in [0.5, 0.6) is 5.75 Å². The molecule has 0 saturated carbocycles. The molecule has 10 nitrogen and oxygen atoms in total. The predicted octanol–water partition coefficient (Wildman–Crippen LogP) is 4.68. The summed E-state index contributed by atoms with van der Waals surface area (Å²) in [7, 11) is 1.55. The summed E-state index contributed by atoms with van der Waals surface area (Å²) in [6.45, 7) is 1.26. The molecule has 0 radical (unpaired) electrons. The summed E-state index contributed by atoms with van der Waals surface area (Å²) in [5, 5.41) is 12.4. The van der Waals surface area contributed by atoms with E-state index in [0.29, 0.717) is 50.6 Å². The van der Waals surface area contributed by atoms with E-state index >= 15 is 0 Å². The molecule has 3 fully saturated rings. The number of carbonyl (C=O) groups excluding carboxylic acids is 3. The van der Waals surface area contributed by atoms with Gasteiger partial charge in [-0.05, 0) is 62.4 Å². The number of methoxy groups -OCH3 is 1. The van der Waals surface area contributed by atoms with Crippen molar-refractivity contribution in [3.63, 3.8) is 0 Å². The number of hydrogen-bond donors (Lipinski definition) is 1. The average molecular weight is 604 g/mol. The number of imide groups is 1. The summed E-state index contributed by atoms with van der Waals surface area (Å²) < 4.78 is 6.71. The lowest BCUT2D eigenvalue weighted by molar-refractivity contribution is -0.141. The van der Waals surface area contributed by atoms with E-state index in [2.05, 4.69) is 15.6 Å². The topological polar surface area (TPSA) is 110 Å². The van der Waals surface area contributed by atoms with Gasteiger partial charge >= 0.3 is 6.03 Å².